The Morgan fingerprint density at radius 3 is 2.27 bits per heavy atom. The topological polar surface area (TPSA) is 12.0 Å². The van der Waals surface area contributed by atoms with Crippen molar-refractivity contribution < 1.29 is 0 Å². The molecule has 0 aromatic rings. The minimum absolute atomic E-state index is 0.683. The van der Waals surface area contributed by atoms with E-state index in [1.807, 2.05) is 20.0 Å². The maximum absolute atomic E-state index is 3.17. The molecule has 1 rings (SSSR count). The van der Waals surface area contributed by atoms with Crippen molar-refractivity contribution in [3.8, 4) is 0 Å². The summed E-state index contributed by atoms with van der Waals surface area (Å²) in [5.41, 5.74) is 1.48. The molecule has 0 amide bonds. The molecular weight excluding hydrogens is 134 g/mol. The first-order valence-electron chi connectivity index (χ1n) is 4.39. The third kappa shape index (κ3) is 3.87. The molecule has 0 aromatic carbocycles. The van der Waals surface area contributed by atoms with Gasteiger partial charge in [-0.15, -0.1) is 0 Å². The normalized spacial score (nSPS) is 14.8. The van der Waals surface area contributed by atoms with Crippen molar-refractivity contribution in [2.75, 3.05) is 6.54 Å². The van der Waals surface area contributed by atoms with Crippen LogP contribution in [0.25, 0.3) is 0 Å². The van der Waals surface area contributed by atoms with Crippen molar-refractivity contribution in [1.29, 1.82) is 0 Å². The van der Waals surface area contributed by atoms with Crippen LogP contribution in [0.2, 0.25) is 0 Å². The summed E-state index contributed by atoms with van der Waals surface area (Å²) in [7, 11) is 0. The van der Waals surface area contributed by atoms with Gasteiger partial charge in [-0.1, -0.05) is 33.8 Å². The van der Waals surface area contributed by atoms with E-state index >= 15 is 0 Å². The van der Waals surface area contributed by atoms with Crippen LogP contribution in [0, 0.1) is 5.92 Å². The van der Waals surface area contributed by atoms with Crippen LogP contribution >= 0.6 is 0 Å². The first-order chi connectivity index (χ1) is 5.30. The summed E-state index contributed by atoms with van der Waals surface area (Å²) in [6, 6.07) is 0. The van der Waals surface area contributed by atoms with Crippen LogP contribution in [-0.4, -0.2) is 6.54 Å². The predicted molar refractivity (Wildman–Crippen MR) is 51.4 cm³/mol. The van der Waals surface area contributed by atoms with Gasteiger partial charge in [0.1, 0.15) is 0 Å². The number of hydrogen-bond acceptors (Lipinski definition) is 1. The van der Waals surface area contributed by atoms with E-state index in [2.05, 4.69) is 31.3 Å². The molecule has 11 heavy (non-hydrogen) atoms. The van der Waals surface area contributed by atoms with Crippen molar-refractivity contribution >= 4 is 0 Å². The molecule has 1 aliphatic heterocycles. The highest BCUT2D eigenvalue weighted by Gasteiger charge is 2.01. The van der Waals surface area contributed by atoms with Crippen molar-refractivity contribution in [1.82, 2.24) is 5.32 Å². The average Bonchev–Trinajstić information content (AvgIpc) is 2.10. The van der Waals surface area contributed by atoms with Crippen molar-refractivity contribution in [2.24, 2.45) is 5.92 Å². The second-order valence-electron chi connectivity index (χ2n) is 2.64. The number of hydrogen-bond donors (Lipinski definition) is 1. The number of nitrogens with one attached hydrogen (secondary N) is 1. The fourth-order valence-corrected chi connectivity index (χ4v) is 0.872. The van der Waals surface area contributed by atoms with Gasteiger partial charge in [0.05, 0.1) is 0 Å². The zero-order valence-corrected chi connectivity index (χ0v) is 8.02. The van der Waals surface area contributed by atoms with E-state index in [-0.39, 0.29) is 0 Å². The molecule has 0 saturated carbocycles. The third-order valence-electron chi connectivity index (χ3n) is 1.57. The van der Waals surface area contributed by atoms with Crippen LogP contribution in [0.15, 0.2) is 23.9 Å². The van der Waals surface area contributed by atoms with E-state index in [0.717, 1.165) is 6.54 Å². The molecule has 1 heteroatoms. The lowest BCUT2D eigenvalue weighted by Crippen LogP contribution is -2.15. The minimum Gasteiger partial charge on any atom is -0.387 e. The maximum atomic E-state index is 3.17. The first-order valence-corrected chi connectivity index (χ1v) is 4.39. The zero-order chi connectivity index (χ0) is 8.69. The fraction of sp³-hybridized carbons (Fsp3) is 0.600. The van der Waals surface area contributed by atoms with Gasteiger partial charge in [-0.2, -0.15) is 0 Å². The molecular formula is C10H19N. The molecule has 0 spiro atoms. The van der Waals surface area contributed by atoms with Crippen molar-refractivity contribution in [2.45, 2.75) is 27.7 Å². The third-order valence-corrected chi connectivity index (χ3v) is 1.57. The Kier molecular flexibility index (Phi) is 5.63. The standard InChI is InChI=1S/C8H13N.C2H6/c1-7(2)8-4-3-5-9-6-8;1-2/h3-5,7,9H,6H2,1-2H3;1-2H3. The summed E-state index contributed by atoms with van der Waals surface area (Å²) in [5, 5.41) is 3.17. The Morgan fingerprint density at radius 2 is 2.00 bits per heavy atom. The molecule has 64 valence electrons. The summed E-state index contributed by atoms with van der Waals surface area (Å²) in [5.74, 6) is 0.683. The molecule has 0 atom stereocenters. The molecule has 0 unspecified atom stereocenters. The number of allylic oxidation sites excluding steroid dienone is 2. The van der Waals surface area contributed by atoms with Gasteiger partial charge in [-0.25, -0.2) is 0 Å². The Hall–Kier alpha value is -0.720. The van der Waals surface area contributed by atoms with E-state index in [1.165, 1.54) is 5.57 Å². The molecule has 1 nitrogen and oxygen atoms in total. The maximum Gasteiger partial charge on any atom is 0.0360 e. The SMILES string of the molecule is CC.CC(C)C1=CC=CNC1. The molecule has 0 aromatic heterocycles. The molecule has 1 heterocycles. The Labute approximate surface area is 70.2 Å². The lowest BCUT2D eigenvalue weighted by Gasteiger charge is -2.13. The average molecular weight is 153 g/mol. The highest BCUT2D eigenvalue weighted by atomic mass is 14.8. The van der Waals surface area contributed by atoms with Gasteiger partial charge in [0, 0.05) is 6.54 Å². The highest BCUT2D eigenvalue weighted by Crippen LogP contribution is 2.09. The van der Waals surface area contributed by atoms with Gasteiger partial charge < -0.3 is 5.32 Å². The highest BCUT2D eigenvalue weighted by molar-refractivity contribution is 5.19. The summed E-state index contributed by atoms with van der Waals surface area (Å²) in [6.07, 6.45) is 6.21. The molecule has 0 aliphatic carbocycles. The van der Waals surface area contributed by atoms with Gasteiger partial charge in [0.2, 0.25) is 0 Å². The second kappa shape index (κ2) is 6.02. The van der Waals surface area contributed by atoms with E-state index < -0.39 is 0 Å². The van der Waals surface area contributed by atoms with Crippen LogP contribution in [0.4, 0.5) is 0 Å². The first kappa shape index (κ1) is 10.3. The quantitative estimate of drug-likeness (QED) is 0.610. The van der Waals surface area contributed by atoms with Gasteiger partial charge in [0.15, 0.2) is 0 Å². The van der Waals surface area contributed by atoms with Gasteiger partial charge in [-0.05, 0) is 23.8 Å². The lowest BCUT2D eigenvalue weighted by molar-refractivity contribution is 0.712. The van der Waals surface area contributed by atoms with Crippen LogP contribution in [0.1, 0.15) is 27.7 Å². The Balaban J connectivity index is 0.000000461. The van der Waals surface area contributed by atoms with Crippen molar-refractivity contribution in [3.05, 3.63) is 23.9 Å². The number of dihydropyridines is 1. The fourth-order valence-electron chi connectivity index (χ4n) is 0.872. The van der Waals surface area contributed by atoms with Crippen LogP contribution < -0.4 is 5.32 Å². The molecule has 0 radical (unpaired) electrons. The smallest absolute Gasteiger partial charge is 0.0360 e. The van der Waals surface area contributed by atoms with Crippen LogP contribution in [-0.2, 0) is 0 Å². The molecule has 1 N–H and O–H groups in total. The van der Waals surface area contributed by atoms with E-state index in [9.17, 15) is 0 Å². The van der Waals surface area contributed by atoms with Crippen LogP contribution in [0.3, 0.4) is 0 Å². The monoisotopic (exact) mass is 153 g/mol. The molecule has 0 bridgehead atoms. The summed E-state index contributed by atoms with van der Waals surface area (Å²) < 4.78 is 0. The van der Waals surface area contributed by atoms with E-state index in [0.29, 0.717) is 5.92 Å². The lowest BCUT2D eigenvalue weighted by atomic mass is 10.0. The van der Waals surface area contributed by atoms with E-state index in [4.69, 9.17) is 0 Å². The Bertz CT molecular complexity index is 143. The summed E-state index contributed by atoms with van der Waals surface area (Å²) >= 11 is 0. The van der Waals surface area contributed by atoms with Crippen LogP contribution in [0.5, 0.6) is 0 Å². The largest absolute Gasteiger partial charge is 0.387 e. The number of rotatable bonds is 1. The molecule has 0 saturated heterocycles. The Morgan fingerprint density at radius 1 is 1.36 bits per heavy atom. The van der Waals surface area contributed by atoms with Gasteiger partial charge in [-0.3, -0.25) is 0 Å². The summed E-state index contributed by atoms with van der Waals surface area (Å²) in [6.45, 7) is 9.45. The van der Waals surface area contributed by atoms with Gasteiger partial charge in [0.25, 0.3) is 0 Å². The van der Waals surface area contributed by atoms with E-state index in [1.54, 1.807) is 0 Å². The second-order valence-corrected chi connectivity index (χ2v) is 2.64. The molecule has 1 aliphatic rings. The minimum atomic E-state index is 0.683. The molecule has 0 fully saturated rings. The van der Waals surface area contributed by atoms with Crippen molar-refractivity contribution in [3.63, 3.8) is 0 Å². The zero-order valence-electron chi connectivity index (χ0n) is 8.02. The summed E-state index contributed by atoms with van der Waals surface area (Å²) in [4.78, 5) is 0. The van der Waals surface area contributed by atoms with Gasteiger partial charge >= 0.3 is 0 Å². The predicted octanol–water partition coefficient (Wildman–Crippen LogP) is 2.71.